The predicted octanol–water partition coefficient (Wildman–Crippen LogP) is 1.43. The van der Waals surface area contributed by atoms with E-state index in [1.807, 2.05) is 60.1 Å². The van der Waals surface area contributed by atoms with Crippen LogP contribution < -0.4 is 10.2 Å². The molecule has 0 saturated carbocycles. The lowest BCUT2D eigenvalue weighted by Gasteiger charge is -2.47. The highest BCUT2D eigenvalue weighted by Crippen LogP contribution is 2.31. The summed E-state index contributed by atoms with van der Waals surface area (Å²) in [6.45, 7) is 3.04. The number of fused-ring (bicyclic) bond motifs is 1. The summed E-state index contributed by atoms with van der Waals surface area (Å²) in [4.78, 5) is 31.3. The fraction of sp³-hybridized carbons (Fsp3) is 0.600. The van der Waals surface area contributed by atoms with Crippen LogP contribution >= 0.6 is 0 Å². The topological polar surface area (TPSA) is 55.9 Å². The van der Waals surface area contributed by atoms with Crippen molar-refractivity contribution in [2.45, 2.75) is 25.3 Å². The lowest BCUT2D eigenvalue weighted by molar-refractivity contribution is -0.140. The highest BCUT2D eigenvalue weighted by molar-refractivity contribution is 5.95. The van der Waals surface area contributed by atoms with E-state index in [1.165, 1.54) is 0 Å². The van der Waals surface area contributed by atoms with Crippen molar-refractivity contribution in [1.29, 1.82) is 0 Å². The third-order valence-electron chi connectivity index (χ3n) is 5.64. The molecule has 3 rings (SSSR count). The van der Waals surface area contributed by atoms with Gasteiger partial charge < -0.3 is 20.0 Å². The summed E-state index contributed by atoms with van der Waals surface area (Å²) in [6, 6.07) is 8.08. The van der Waals surface area contributed by atoms with E-state index in [0.29, 0.717) is 12.3 Å². The van der Waals surface area contributed by atoms with Crippen LogP contribution in [0.2, 0.25) is 0 Å². The van der Waals surface area contributed by atoms with Crippen LogP contribution in [-0.2, 0) is 4.79 Å². The van der Waals surface area contributed by atoms with Gasteiger partial charge in [0.05, 0.1) is 0 Å². The van der Waals surface area contributed by atoms with Crippen molar-refractivity contribution in [3.05, 3.63) is 29.8 Å². The molecule has 0 aliphatic carbocycles. The molecule has 2 saturated heterocycles. The molecule has 0 aromatic heterocycles. The summed E-state index contributed by atoms with van der Waals surface area (Å²) in [6.07, 6.45) is 2.36. The van der Waals surface area contributed by atoms with Gasteiger partial charge in [0.1, 0.15) is 0 Å². The Labute approximate surface area is 156 Å². The van der Waals surface area contributed by atoms with E-state index in [4.69, 9.17) is 0 Å². The molecule has 2 amide bonds. The fourth-order valence-electron chi connectivity index (χ4n) is 4.16. The Morgan fingerprint density at radius 1 is 1.31 bits per heavy atom. The molecular weight excluding hydrogens is 328 g/mol. The molecule has 6 heteroatoms. The van der Waals surface area contributed by atoms with E-state index in [1.54, 1.807) is 0 Å². The number of benzene rings is 1. The number of amides is 2. The summed E-state index contributed by atoms with van der Waals surface area (Å²) in [5.74, 6) is 0.755. The molecule has 0 spiro atoms. The monoisotopic (exact) mass is 358 g/mol. The molecule has 142 valence electrons. The smallest absolute Gasteiger partial charge is 0.253 e. The Bertz CT molecular complexity index is 661. The second-order valence-electron chi connectivity index (χ2n) is 7.54. The largest absolute Gasteiger partial charge is 0.378 e. The van der Waals surface area contributed by atoms with Crippen LogP contribution in [0.25, 0.3) is 0 Å². The van der Waals surface area contributed by atoms with Gasteiger partial charge in [-0.1, -0.05) is 6.07 Å². The Morgan fingerprint density at radius 2 is 2.12 bits per heavy atom. The third kappa shape index (κ3) is 3.85. The average Bonchev–Trinajstić information content (AvgIpc) is 2.66. The Balaban J connectivity index is 1.69. The number of hydrogen-bond donors (Lipinski definition) is 1. The van der Waals surface area contributed by atoms with Crippen molar-refractivity contribution in [1.82, 2.24) is 15.1 Å². The Hall–Kier alpha value is -2.08. The SMILES string of the molecule is CNCCN1C(=O)CC[C@H]2CN(C(=O)c3cccc(N(C)C)c3)CC[C@H]21. The molecule has 6 nitrogen and oxygen atoms in total. The summed E-state index contributed by atoms with van der Waals surface area (Å²) >= 11 is 0. The summed E-state index contributed by atoms with van der Waals surface area (Å²) < 4.78 is 0. The zero-order valence-corrected chi connectivity index (χ0v) is 16.1. The summed E-state index contributed by atoms with van der Waals surface area (Å²) in [7, 11) is 5.87. The van der Waals surface area contributed by atoms with Crippen molar-refractivity contribution in [2.24, 2.45) is 5.92 Å². The molecule has 0 bridgehead atoms. The first kappa shape index (κ1) is 18.7. The van der Waals surface area contributed by atoms with E-state index in [2.05, 4.69) is 5.32 Å². The maximum absolute atomic E-state index is 13.0. The van der Waals surface area contributed by atoms with Gasteiger partial charge in [0.2, 0.25) is 5.91 Å². The Morgan fingerprint density at radius 3 is 2.85 bits per heavy atom. The first-order valence-corrected chi connectivity index (χ1v) is 9.52. The molecule has 2 aliphatic heterocycles. The van der Waals surface area contributed by atoms with Gasteiger partial charge in [-0.05, 0) is 44.0 Å². The molecular formula is C20H30N4O2. The van der Waals surface area contributed by atoms with Gasteiger partial charge in [0, 0.05) is 64.0 Å². The molecule has 1 aromatic carbocycles. The lowest BCUT2D eigenvalue weighted by Crippen LogP contribution is -2.57. The second-order valence-corrected chi connectivity index (χ2v) is 7.54. The number of nitrogens with zero attached hydrogens (tertiary/aromatic N) is 3. The van der Waals surface area contributed by atoms with Crippen LogP contribution in [0, 0.1) is 5.92 Å². The second kappa shape index (κ2) is 8.08. The normalized spacial score (nSPS) is 23.0. The molecule has 1 aromatic rings. The molecule has 0 radical (unpaired) electrons. The lowest BCUT2D eigenvalue weighted by atomic mass is 9.83. The summed E-state index contributed by atoms with van der Waals surface area (Å²) in [5, 5.41) is 3.13. The number of anilines is 1. The minimum atomic E-state index is 0.103. The number of likely N-dealkylation sites (N-methyl/N-ethyl adjacent to an activating group) is 1. The standard InChI is InChI=1S/C20H30N4O2/c1-21-10-12-24-18-9-11-23(14-16(18)7-8-19(24)25)20(26)15-5-4-6-17(13-15)22(2)3/h4-6,13,16,18,21H,7-12,14H2,1-3H3/t16-,18+/m0/s1. The third-order valence-corrected chi connectivity index (χ3v) is 5.64. The van der Waals surface area contributed by atoms with Crippen molar-refractivity contribution in [3.8, 4) is 0 Å². The number of rotatable bonds is 5. The number of nitrogens with one attached hydrogen (secondary N) is 1. The van der Waals surface area contributed by atoms with Gasteiger partial charge in [-0.2, -0.15) is 0 Å². The first-order valence-electron chi connectivity index (χ1n) is 9.52. The molecule has 2 aliphatic rings. The average molecular weight is 358 g/mol. The zero-order chi connectivity index (χ0) is 18.7. The quantitative estimate of drug-likeness (QED) is 0.865. The van der Waals surface area contributed by atoms with Gasteiger partial charge >= 0.3 is 0 Å². The molecule has 1 N–H and O–H groups in total. The van der Waals surface area contributed by atoms with E-state index < -0.39 is 0 Å². The van der Waals surface area contributed by atoms with E-state index in [-0.39, 0.29) is 17.9 Å². The number of piperidine rings is 2. The minimum Gasteiger partial charge on any atom is -0.378 e. The molecule has 2 heterocycles. The van der Waals surface area contributed by atoms with Crippen LogP contribution in [0.15, 0.2) is 24.3 Å². The number of hydrogen-bond acceptors (Lipinski definition) is 4. The van der Waals surface area contributed by atoms with Crippen molar-refractivity contribution < 1.29 is 9.59 Å². The van der Waals surface area contributed by atoms with Crippen molar-refractivity contribution in [2.75, 3.05) is 52.2 Å². The van der Waals surface area contributed by atoms with E-state index in [0.717, 1.165) is 50.3 Å². The van der Waals surface area contributed by atoms with Crippen LogP contribution in [0.5, 0.6) is 0 Å². The number of carbonyl (C=O) groups excluding carboxylic acids is 2. The van der Waals surface area contributed by atoms with E-state index in [9.17, 15) is 9.59 Å². The van der Waals surface area contributed by atoms with E-state index >= 15 is 0 Å². The van der Waals surface area contributed by atoms with Crippen LogP contribution in [0.3, 0.4) is 0 Å². The predicted molar refractivity (Wildman–Crippen MR) is 103 cm³/mol. The minimum absolute atomic E-state index is 0.103. The molecule has 0 unspecified atom stereocenters. The number of carbonyl (C=O) groups is 2. The van der Waals surface area contributed by atoms with Gasteiger partial charge in [0.15, 0.2) is 0 Å². The van der Waals surface area contributed by atoms with Crippen LogP contribution in [-0.4, -0.2) is 75.0 Å². The van der Waals surface area contributed by atoms with Gasteiger partial charge in [0.25, 0.3) is 5.91 Å². The van der Waals surface area contributed by atoms with Crippen molar-refractivity contribution >= 4 is 17.5 Å². The Kier molecular flexibility index (Phi) is 5.81. The maximum Gasteiger partial charge on any atom is 0.253 e. The highest BCUT2D eigenvalue weighted by atomic mass is 16.2. The van der Waals surface area contributed by atoms with Gasteiger partial charge in [-0.25, -0.2) is 0 Å². The molecule has 2 fully saturated rings. The molecule has 2 atom stereocenters. The number of likely N-dealkylation sites (tertiary alicyclic amines) is 2. The fourth-order valence-corrected chi connectivity index (χ4v) is 4.16. The van der Waals surface area contributed by atoms with Crippen molar-refractivity contribution in [3.63, 3.8) is 0 Å². The first-order chi connectivity index (χ1) is 12.5. The van der Waals surface area contributed by atoms with Crippen LogP contribution in [0.1, 0.15) is 29.6 Å². The maximum atomic E-state index is 13.0. The zero-order valence-electron chi connectivity index (χ0n) is 16.1. The van der Waals surface area contributed by atoms with Gasteiger partial charge in [-0.3, -0.25) is 9.59 Å². The summed E-state index contributed by atoms with van der Waals surface area (Å²) in [5.41, 5.74) is 1.78. The molecule has 26 heavy (non-hydrogen) atoms. The van der Waals surface area contributed by atoms with Crippen LogP contribution in [0.4, 0.5) is 5.69 Å². The highest BCUT2D eigenvalue weighted by Gasteiger charge is 2.40. The van der Waals surface area contributed by atoms with Gasteiger partial charge in [-0.15, -0.1) is 0 Å².